The van der Waals surface area contributed by atoms with Crippen molar-refractivity contribution >= 4 is 33.3 Å². The number of anilines is 1. The quantitative estimate of drug-likeness (QED) is 0.599. The Morgan fingerprint density at radius 2 is 1.90 bits per heavy atom. The maximum atomic E-state index is 13.2. The highest BCUT2D eigenvalue weighted by Crippen LogP contribution is 2.30. The van der Waals surface area contributed by atoms with Crippen LogP contribution in [0.5, 0.6) is 0 Å². The van der Waals surface area contributed by atoms with Gasteiger partial charge in [-0.2, -0.15) is 13.2 Å². The van der Waals surface area contributed by atoms with Crippen molar-refractivity contribution in [3.8, 4) is 0 Å². The summed E-state index contributed by atoms with van der Waals surface area (Å²) >= 11 is 1.21. The number of hydrogen-bond donors (Lipinski definition) is 0. The first-order valence-corrected chi connectivity index (χ1v) is 10.5. The molecule has 31 heavy (non-hydrogen) atoms. The highest BCUT2D eigenvalue weighted by molar-refractivity contribution is 7.20. The van der Waals surface area contributed by atoms with Gasteiger partial charge in [0.2, 0.25) is 0 Å². The predicted octanol–water partition coefficient (Wildman–Crippen LogP) is 3.07. The molecule has 0 unspecified atom stereocenters. The summed E-state index contributed by atoms with van der Waals surface area (Å²) < 4.78 is 39.7. The maximum Gasteiger partial charge on any atom is 0.417 e. The largest absolute Gasteiger partial charge is 0.417 e. The van der Waals surface area contributed by atoms with Crippen LogP contribution in [0.4, 0.5) is 19.0 Å². The van der Waals surface area contributed by atoms with E-state index in [4.69, 9.17) is 0 Å². The molecule has 1 fully saturated rings. The molecular weight excluding hydrogens is 431 g/mol. The molecule has 7 nitrogen and oxygen atoms in total. The Labute approximate surface area is 179 Å². The zero-order valence-corrected chi connectivity index (χ0v) is 17.8. The number of halogens is 3. The molecule has 3 aromatic heterocycles. The number of carbonyl (C=O) groups is 1. The van der Waals surface area contributed by atoms with Crippen LogP contribution in [0.15, 0.2) is 29.5 Å². The molecule has 0 saturated carbocycles. The second-order valence-corrected chi connectivity index (χ2v) is 8.43. The zero-order chi connectivity index (χ0) is 22.3. The van der Waals surface area contributed by atoms with Crippen molar-refractivity contribution in [1.82, 2.24) is 19.4 Å². The highest BCUT2D eigenvalue weighted by Gasteiger charge is 2.31. The first kappa shape index (κ1) is 21.3. The summed E-state index contributed by atoms with van der Waals surface area (Å²) in [6.07, 6.45) is -1.50. The van der Waals surface area contributed by atoms with Crippen LogP contribution in [0.3, 0.4) is 0 Å². The van der Waals surface area contributed by atoms with Gasteiger partial charge in [0.25, 0.3) is 11.5 Å². The molecule has 0 radical (unpaired) electrons. The number of thiophene rings is 1. The standard InChI is InChI=1S/C20H20F3N5O2S/c1-12-15-17(25-11-26(2)18(15)29)31-16(12)19(30)28-7-3-6-27(8-9-28)14-5-4-13(10-24-14)20(21,22)23/h4-5,10-11H,3,6-9H2,1-2H3. The Bertz CT molecular complexity index is 1190. The summed E-state index contributed by atoms with van der Waals surface area (Å²) in [7, 11) is 1.62. The van der Waals surface area contributed by atoms with Crippen LogP contribution in [0, 0.1) is 6.92 Å². The smallest absolute Gasteiger partial charge is 0.355 e. The van der Waals surface area contributed by atoms with E-state index in [2.05, 4.69) is 9.97 Å². The van der Waals surface area contributed by atoms with Gasteiger partial charge in [0.15, 0.2) is 0 Å². The second kappa shape index (κ2) is 7.95. The average Bonchev–Trinajstić information content (AvgIpc) is 2.90. The molecule has 4 heterocycles. The molecule has 4 rings (SSSR count). The Hall–Kier alpha value is -2.95. The lowest BCUT2D eigenvalue weighted by Crippen LogP contribution is -2.35. The topological polar surface area (TPSA) is 71.3 Å². The van der Waals surface area contributed by atoms with Crippen LogP contribution in [0.25, 0.3) is 10.2 Å². The van der Waals surface area contributed by atoms with E-state index < -0.39 is 11.7 Å². The van der Waals surface area contributed by atoms with Crippen molar-refractivity contribution in [1.29, 1.82) is 0 Å². The SMILES string of the molecule is Cc1c(C(=O)N2CCCN(c3ccc(C(F)(F)F)cn3)CC2)sc2ncn(C)c(=O)c12. The number of nitrogens with zero attached hydrogens (tertiary/aromatic N) is 5. The number of aryl methyl sites for hydroxylation is 2. The van der Waals surface area contributed by atoms with Gasteiger partial charge in [-0.1, -0.05) is 0 Å². The molecule has 1 aliphatic rings. The van der Waals surface area contributed by atoms with E-state index in [9.17, 15) is 22.8 Å². The van der Waals surface area contributed by atoms with Gasteiger partial charge in [-0.15, -0.1) is 11.3 Å². The lowest BCUT2D eigenvalue weighted by Gasteiger charge is -2.23. The number of carbonyl (C=O) groups excluding carboxylic acids is 1. The molecule has 0 spiro atoms. The Morgan fingerprint density at radius 1 is 1.13 bits per heavy atom. The van der Waals surface area contributed by atoms with Crippen molar-refractivity contribution in [2.24, 2.45) is 7.05 Å². The Morgan fingerprint density at radius 3 is 2.58 bits per heavy atom. The van der Waals surface area contributed by atoms with Crippen molar-refractivity contribution in [3.05, 3.63) is 51.0 Å². The van der Waals surface area contributed by atoms with E-state index >= 15 is 0 Å². The molecule has 0 bridgehead atoms. The maximum absolute atomic E-state index is 13.2. The van der Waals surface area contributed by atoms with Crippen molar-refractivity contribution in [2.45, 2.75) is 19.5 Å². The number of alkyl halides is 3. The second-order valence-electron chi connectivity index (χ2n) is 7.43. The molecule has 3 aromatic rings. The summed E-state index contributed by atoms with van der Waals surface area (Å²) in [5.41, 5.74) is -0.347. The van der Waals surface area contributed by atoms with Crippen molar-refractivity contribution in [2.75, 3.05) is 31.1 Å². The third-order valence-electron chi connectivity index (χ3n) is 5.39. The number of fused-ring (bicyclic) bond motifs is 1. The lowest BCUT2D eigenvalue weighted by atomic mass is 10.2. The highest BCUT2D eigenvalue weighted by atomic mass is 32.1. The Kier molecular flexibility index (Phi) is 5.46. The number of hydrogen-bond acceptors (Lipinski definition) is 6. The third kappa shape index (κ3) is 4.01. The van der Waals surface area contributed by atoms with Crippen molar-refractivity contribution < 1.29 is 18.0 Å². The first-order chi connectivity index (χ1) is 14.7. The number of amides is 1. The van der Waals surface area contributed by atoms with Gasteiger partial charge >= 0.3 is 6.18 Å². The monoisotopic (exact) mass is 451 g/mol. The minimum absolute atomic E-state index is 0.162. The van der Waals surface area contributed by atoms with Crippen LogP contribution < -0.4 is 10.5 Å². The predicted molar refractivity (Wildman–Crippen MR) is 112 cm³/mol. The molecule has 0 N–H and O–H groups in total. The van der Waals surface area contributed by atoms with Crippen LogP contribution in [0.2, 0.25) is 0 Å². The molecule has 164 valence electrons. The van der Waals surface area contributed by atoms with E-state index in [0.717, 1.165) is 12.3 Å². The summed E-state index contributed by atoms with van der Waals surface area (Å²) in [4.78, 5) is 38.4. The molecule has 11 heteroatoms. The third-order valence-corrected chi connectivity index (χ3v) is 6.57. The zero-order valence-electron chi connectivity index (χ0n) is 16.9. The fourth-order valence-electron chi connectivity index (χ4n) is 3.65. The molecule has 1 aliphatic heterocycles. The molecule has 1 saturated heterocycles. The van der Waals surface area contributed by atoms with Gasteiger partial charge in [-0.05, 0) is 31.0 Å². The van der Waals surface area contributed by atoms with Gasteiger partial charge in [0.05, 0.1) is 22.2 Å². The molecular formula is C20H20F3N5O2S. The molecule has 0 aliphatic carbocycles. The van der Waals surface area contributed by atoms with E-state index in [-0.39, 0.29) is 11.5 Å². The lowest BCUT2D eigenvalue weighted by molar-refractivity contribution is -0.137. The van der Waals surface area contributed by atoms with E-state index in [1.165, 1.54) is 28.3 Å². The fourth-order valence-corrected chi connectivity index (χ4v) is 4.75. The van der Waals surface area contributed by atoms with Crippen LogP contribution in [-0.2, 0) is 13.2 Å². The summed E-state index contributed by atoms with van der Waals surface area (Å²) in [5.74, 6) is 0.290. The summed E-state index contributed by atoms with van der Waals surface area (Å²) in [6.45, 7) is 3.70. The van der Waals surface area contributed by atoms with E-state index in [1.54, 1.807) is 18.9 Å². The fraction of sp³-hybridized carbons (Fsp3) is 0.400. The first-order valence-electron chi connectivity index (χ1n) is 9.69. The summed E-state index contributed by atoms with van der Waals surface area (Å²) in [5, 5.41) is 0.462. The number of aromatic nitrogens is 3. The van der Waals surface area contributed by atoms with Gasteiger partial charge in [-0.25, -0.2) is 9.97 Å². The Balaban J connectivity index is 1.52. The molecule has 0 atom stereocenters. The van der Waals surface area contributed by atoms with Crippen molar-refractivity contribution in [3.63, 3.8) is 0 Å². The normalized spacial score (nSPS) is 15.4. The van der Waals surface area contributed by atoms with Gasteiger partial charge in [-0.3, -0.25) is 9.59 Å². The molecule has 1 amide bonds. The van der Waals surface area contributed by atoms with Crippen LogP contribution in [0.1, 0.15) is 27.2 Å². The van der Waals surface area contributed by atoms with Gasteiger partial charge < -0.3 is 14.4 Å². The van der Waals surface area contributed by atoms with Gasteiger partial charge in [0.1, 0.15) is 10.6 Å². The summed E-state index contributed by atoms with van der Waals surface area (Å²) in [6, 6.07) is 2.38. The average molecular weight is 451 g/mol. The number of rotatable bonds is 2. The molecule has 0 aromatic carbocycles. The van der Waals surface area contributed by atoms with E-state index in [1.807, 2.05) is 4.90 Å². The minimum atomic E-state index is -4.43. The minimum Gasteiger partial charge on any atom is -0.355 e. The van der Waals surface area contributed by atoms with Crippen LogP contribution >= 0.6 is 11.3 Å². The van der Waals surface area contributed by atoms with Crippen LogP contribution in [-0.4, -0.2) is 51.5 Å². The van der Waals surface area contributed by atoms with Gasteiger partial charge in [0, 0.05) is 39.4 Å². The number of pyridine rings is 1. The van der Waals surface area contributed by atoms with E-state index in [0.29, 0.717) is 59.1 Å².